The minimum Gasteiger partial charge on any atom is -0.490 e. The van der Waals surface area contributed by atoms with E-state index in [1.165, 1.54) is 7.11 Å². The van der Waals surface area contributed by atoms with Crippen LogP contribution in [0, 0.1) is 18.2 Å². The van der Waals surface area contributed by atoms with Gasteiger partial charge in [0.25, 0.3) is 0 Å². The SMILES string of the molecule is CCc1cc(OCC(C)(C)CN(C)C)c(F)c(C(=Nc2ccc(-c3noc(C)n3)cc2)C(=NC(=O)OC)SC)c1. The number of aryl methyl sites for hydroxylation is 2. The average Bonchev–Trinajstić information content (AvgIpc) is 3.35. The van der Waals surface area contributed by atoms with Gasteiger partial charge in [-0.3, -0.25) is 0 Å². The van der Waals surface area contributed by atoms with Crippen molar-refractivity contribution in [3.8, 4) is 17.1 Å². The maximum absolute atomic E-state index is 16.2. The van der Waals surface area contributed by atoms with Crippen LogP contribution >= 0.6 is 11.8 Å². The van der Waals surface area contributed by atoms with E-state index in [9.17, 15) is 4.79 Å². The number of methoxy groups -OCH3 is 1. The molecule has 0 aliphatic heterocycles. The first-order valence-electron chi connectivity index (χ1n) is 12.8. The zero-order chi connectivity index (χ0) is 29.4. The smallest absolute Gasteiger partial charge is 0.434 e. The van der Waals surface area contributed by atoms with Crippen LogP contribution in [0.3, 0.4) is 0 Å². The van der Waals surface area contributed by atoms with Crippen LogP contribution in [0.1, 0.15) is 37.8 Å². The number of carbonyl (C=O) groups is 1. The summed E-state index contributed by atoms with van der Waals surface area (Å²) in [5.41, 5.74) is 2.25. The van der Waals surface area contributed by atoms with Crippen LogP contribution in [0.5, 0.6) is 5.75 Å². The Morgan fingerprint density at radius 2 is 1.90 bits per heavy atom. The molecule has 1 amide bonds. The zero-order valence-corrected chi connectivity index (χ0v) is 25.1. The molecule has 0 fully saturated rings. The second-order valence-electron chi connectivity index (χ2n) is 10.2. The van der Waals surface area contributed by atoms with Crippen molar-refractivity contribution >= 4 is 34.3 Å². The molecule has 0 unspecified atom stereocenters. The van der Waals surface area contributed by atoms with Crippen molar-refractivity contribution in [3.05, 3.63) is 59.2 Å². The van der Waals surface area contributed by atoms with E-state index in [2.05, 4.69) is 33.9 Å². The van der Waals surface area contributed by atoms with E-state index >= 15 is 4.39 Å². The third-order valence-electron chi connectivity index (χ3n) is 5.78. The lowest BCUT2D eigenvalue weighted by molar-refractivity contribution is 0.137. The Morgan fingerprint density at radius 3 is 2.45 bits per heavy atom. The van der Waals surface area contributed by atoms with Gasteiger partial charge in [-0.25, -0.2) is 14.2 Å². The van der Waals surface area contributed by atoms with E-state index in [0.29, 0.717) is 30.4 Å². The molecule has 1 heterocycles. The van der Waals surface area contributed by atoms with Crippen molar-refractivity contribution in [2.24, 2.45) is 15.4 Å². The molecule has 1 aromatic heterocycles. The van der Waals surface area contributed by atoms with Crippen LogP contribution in [0.4, 0.5) is 14.9 Å². The fraction of sp³-hybridized carbons (Fsp3) is 0.414. The molecule has 9 nitrogen and oxygen atoms in total. The zero-order valence-electron chi connectivity index (χ0n) is 24.2. The van der Waals surface area contributed by atoms with Crippen molar-refractivity contribution in [1.29, 1.82) is 0 Å². The summed E-state index contributed by atoms with van der Waals surface area (Å²) in [6.07, 6.45) is 1.57. The average molecular weight is 570 g/mol. The van der Waals surface area contributed by atoms with Crippen LogP contribution in [0.15, 0.2) is 50.9 Å². The number of hydrogen-bond acceptors (Lipinski definition) is 9. The van der Waals surface area contributed by atoms with Crippen LogP contribution in [0.25, 0.3) is 11.4 Å². The van der Waals surface area contributed by atoms with Crippen molar-refractivity contribution in [1.82, 2.24) is 15.0 Å². The van der Waals surface area contributed by atoms with Gasteiger partial charge >= 0.3 is 6.09 Å². The normalized spacial score (nSPS) is 12.7. The third kappa shape index (κ3) is 8.22. The van der Waals surface area contributed by atoms with Gasteiger partial charge in [-0.15, -0.1) is 11.8 Å². The fourth-order valence-corrected chi connectivity index (χ4v) is 4.60. The lowest BCUT2D eigenvalue weighted by Crippen LogP contribution is -2.33. The van der Waals surface area contributed by atoms with Gasteiger partial charge in [-0.2, -0.15) is 9.98 Å². The van der Waals surface area contributed by atoms with Gasteiger partial charge in [0.2, 0.25) is 11.7 Å². The van der Waals surface area contributed by atoms with Crippen LogP contribution in [-0.2, 0) is 11.2 Å². The molecule has 0 aliphatic carbocycles. The highest BCUT2D eigenvalue weighted by molar-refractivity contribution is 8.15. The minimum absolute atomic E-state index is 0.121. The molecule has 0 radical (unpaired) electrons. The highest BCUT2D eigenvalue weighted by Gasteiger charge is 2.25. The summed E-state index contributed by atoms with van der Waals surface area (Å²) in [6, 6.07) is 10.5. The minimum atomic E-state index is -0.811. The molecule has 3 rings (SSSR count). The molecule has 0 atom stereocenters. The quantitative estimate of drug-likeness (QED) is 0.205. The van der Waals surface area contributed by atoms with Gasteiger partial charge in [0.1, 0.15) is 10.8 Å². The summed E-state index contributed by atoms with van der Waals surface area (Å²) in [6.45, 7) is 8.90. The fourth-order valence-electron chi connectivity index (χ4n) is 4.09. The Hall–Kier alpha value is -3.57. The third-order valence-corrected chi connectivity index (χ3v) is 6.45. The first-order valence-corrected chi connectivity index (χ1v) is 14.0. The second kappa shape index (κ2) is 13.7. The number of rotatable bonds is 10. The standard InChI is InChI=1S/C29H36FN5O4S/c1-9-19-14-22(24(30)23(15-19)38-17-29(3,4)16-35(5)6)25(27(40-8)33-28(36)37-7)32-21-12-10-20(11-13-21)26-31-18(2)39-34-26/h10-15H,9,16-17H2,1-8H3. The second-order valence-corrected chi connectivity index (χ2v) is 11.0. The lowest BCUT2D eigenvalue weighted by atomic mass is 9.94. The summed E-state index contributed by atoms with van der Waals surface area (Å²) < 4.78 is 32.0. The van der Waals surface area contributed by atoms with Crippen molar-refractivity contribution in [2.45, 2.75) is 34.1 Å². The van der Waals surface area contributed by atoms with Gasteiger partial charge in [0, 0.05) is 30.0 Å². The molecule has 11 heteroatoms. The van der Waals surface area contributed by atoms with E-state index in [1.807, 2.05) is 21.0 Å². The van der Waals surface area contributed by atoms with Crippen LogP contribution in [0.2, 0.25) is 0 Å². The molecule has 0 N–H and O–H groups in total. The van der Waals surface area contributed by atoms with Crippen molar-refractivity contribution in [2.75, 3.05) is 40.6 Å². The summed E-state index contributed by atoms with van der Waals surface area (Å²) in [5.74, 6) is 0.445. The molecule has 3 aromatic rings. The lowest BCUT2D eigenvalue weighted by Gasteiger charge is -2.28. The molecule has 0 saturated carbocycles. The van der Waals surface area contributed by atoms with Crippen molar-refractivity contribution < 1.29 is 23.2 Å². The number of hydrogen-bond donors (Lipinski definition) is 0. The summed E-state index contributed by atoms with van der Waals surface area (Å²) in [5, 5.41) is 4.14. The first-order chi connectivity index (χ1) is 19.0. The molecule has 0 aliphatic rings. The molecule has 214 valence electrons. The number of amides is 1. The number of nitrogens with zero attached hydrogens (tertiary/aromatic N) is 5. The predicted molar refractivity (Wildman–Crippen MR) is 158 cm³/mol. The van der Waals surface area contributed by atoms with E-state index in [-0.39, 0.29) is 27.5 Å². The van der Waals surface area contributed by atoms with Gasteiger partial charge in [-0.05, 0) is 68.7 Å². The van der Waals surface area contributed by atoms with Crippen LogP contribution in [-0.4, -0.2) is 72.5 Å². The monoisotopic (exact) mass is 569 g/mol. The number of benzene rings is 2. The molecule has 0 spiro atoms. The van der Waals surface area contributed by atoms with E-state index in [1.54, 1.807) is 49.6 Å². The Bertz CT molecular complexity index is 1380. The highest BCUT2D eigenvalue weighted by atomic mass is 32.2. The summed E-state index contributed by atoms with van der Waals surface area (Å²) >= 11 is 1.16. The number of carbonyl (C=O) groups excluding carboxylic acids is 1. The molecular weight excluding hydrogens is 533 g/mol. The highest BCUT2D eigenvalue weighted by Crippen LogP contribution is 2.30. The van der Waals surface area contributed by atoms with E-state index in [4.69, 9.17) is 19.0 Å². The number of aromatic nitrogens is 2. The number of ether oxygens (including phenoxy) is 2. The maximum Gasteiger partial charge on any atom is 0.434 e. The maximum atomic E-state index is 16.2. The van der Waals surface area contributed by atoms with Gasteiger partial charge in [-0.1, -0.05) is 25.9 Å². The van der Waals surface area contributed by atoms with Gasteiger partial charge < -0.3 is 18.9 Å². The summed E-state index contributed by atoms with van der Waals surface area (Å²) in [4.78, 5) is 27.2. The predicted octanol–water partition coefficient (Wildman–Crippen LogP) is 6.36. The van der Waals surface area contributed by atoms with Crippen molar-refractivity contribution in [3.63, 3.8) is 0 Å². The number of halogens is 1. The number of aliphatic imine (C=N–C) groups is 2. The molecule has 40 heavy (non-hydrogen) atoms. The Balaban J connectivity index is 2.12. The molecule has 0 saturated heterocycles. The number of thioether (sulfide) groups is 1. The largest absolute Gasteiger partial charge is 0.490 e. The summed E-state index contributed by atoms with van der Waals surface area (Å²) in [7, 11) is 5.21. The molecule has 0 bridgehead atoms. The van der Waals surface area contributed by atoms with E-state index < -0.39 is 11.9 Å². The molecule has 2 aromatic carbocycles. The Morgan fingerprint density at radius 1 is 1.20 bits per heavy atom. The Labute approximate surface area is 238 Å². The molecular formula is C29H36FN5O4S. The van der Waals surface area contributed by atoms with E-state index in [0.717, 1.165) is 29.4 Å². The van der Waals surface area contributed by atoms with Crippen LogP contribution < -0.4 is 4.74 Å². The Kier molecular flexibility index (Phi) is 10.6. The van der Waals surface area contributed by atoms with Gasteiger partial charge in [0.05, 0.1) is 19.4 Å². The first kappa shape index (κ1) is 31.0. The van der Waals surface area contributed by atoms with Gasteiger partial charge in [0.15, 0.2) is 11.6 Å². The topological polar surface area (TPSA) is 102 Å².